The second-order valence-corrected chi connectivity index (χ2v) is 3.75. The summed E-state index contributed by atoms with van der Waals surface area (Å²) in [6.07, 6.45) is 2.52. The fourth-order valence-electron chi connectivity index (χ4n) is 1.68. The number of morpholine rings is 1. The van der Waals surface area contributed by atoms with E-state index in [-0.39, 0.29) is 18.6 Å². The third kappa shape index (κ3) is 2.54. The van der Waals surface area contributed by atoms with Crippen LogP contribution in [0.2, 0.25) is 0 Å². The predicted octanol–water partition coefficient (Wildman–Crippen LogP) is -0.689. The average molecular weight is 225 g/mol. The van der Waals surface area contributed by atoms with Crippen molar-refractivity contribution >= 4 is 5.91 Å². The summed E-state index contributed by atoms with van der Waals surface area (Å²) in [6.45, 7) is 4.18. The van der Waals surface area contributed by atoms with Gasteiger partial charge in [0, 0.05) is 13.1 Å². The van der Waals surface area contributed by atoms with E-state index in [9.17, 15) is 4.79 Å². The Morgan fingerprint density at radius 2 is 2.50 bits per heavy atom. The minimum atomic E-state index is 0.0362. The van der Waals surface area contributed by atoms with Crippen LogP contribution in [0.25, 0.3) is 0 Å². The topological polar surface area (TPSA) is 73.1 Å². The fourth-order valence-corrected chi connectivity index (χ4v) is 1.68. The molecular formula is C9H15N5O2. The molecule has 1 aliphatic rings. The van der Waals surface area contributed by atoms with Crippen LogP contribution in [0.15, 0.2) is 6.33 Å². The molecule has 1 aliphatic heterocycles. The maximum atomic E-state index is 11.9. The highest BCUT2D eigenvalue weighted by molar-refractivity contribution is 5.75. The molecule has 1 aromatic heterocycles. The van der Waals surface area contributed by atoms with Crippen LogP contribution < -0.4 is 0 Å². The molecule has 0 spiro atoms. The highest BCUT2D eigenvalue weighted by Crippen LogP contribution is 2.08. The Balaban J connectivity index is 1.89. The summed E-state index contributed by atoms with van der Waals surface area (Å²) in [5, 5.41) is 10.6. The average Bonchev–Trinajstić information content (AvgIpc) is 2.82. The molecule has 0 radical (unpaired) electrons. The molecule has 2 heterocycles. The summed E-state index contributed by atoms with van der Waals surface area (Å²) in [4.78, 5) is 13.7. The number of aromatic nitrogens is 4. The van der Waals surface area contributed by atoms with Crippen LogP contribution in [-0.4, -0.2) is 56.8 Å². The van der Waals surface area contributed by atoms with E-state index in [0.29, 0.717) is 19.7 Å². The molecule has 1 saturated heterocycles. The van der Waals surface area contributed by atoms with Crippen molar-refractivity contribution in [1.29, 1.82) is 0 Å². The summed E-state index contributed by atoms with van der Waals surface area (Å²) in [6, 6.07) is 0. The Hall–Kier alpha value is -1.50. The first kappa shape index (κ1) is 11.0. The smallest absolute Gasteiger partial charge is 0.244 e. The maximum absolute atomic E-state index is 11.9. The summed E-state index contributed by atoms with van der Waals surface area (Å²) < 4.78 is 6.93. The number of ether oxygens (including phenoxy) is 1. The second-order valence-electron chi connectivity index (χ2n) is 3.75. The van der Waals surface area contributed by atoms with Crippen LogP contribution >= 0.6 is 0 Å². The van der Waals surface area contributed by atoms with Crippen molar-refractivity contribution in [2.75, 3.05) is 19.7 Å². The van der Waals surface area contributed by atoms with Gasteiger partial charge in [-0.2, -0.15) is 0 Å². The highest BCUT2D eigenvalue weighted by atomic mass is 16.5. The molecule has 7 nitrogen and oxygen atoms in total. The number of hydrogen-bond donors (Lipinski definition) is 0. The van der Waals surface area contributed by atoms with Crippen molar-refractivity contribution in [3.05, 3.63) is 6.33 Å². The molecule has 1 fully saturated rings. The zero-order valence-electron chi connectivity index (χ0n) is 9.24. The fraction of sp³-hybridized carbons (Fsp3) is 0.778. The van der Waals surface area contributed by atoms with Crippen molar-refractivity contribution in [2.24, 2.45) is 0 Å². The summed E-state index contributed by atoms with van der Waals surface area (Å²) in [7, 11) is 0. The zero-order valence-corrected chi connectivity index (χ0v) is 9.24. The quantitative estimate of drug-likeness (QED) is 0.680. The monoisotopic (exact) mass is 225 g/mol. The largest absolute Gasteiger partial charge is 0.375 e. The van der Waals surface area contributed by atoms with Crippen molar-refractivity contribution in [3.63, 3.8) is 0 Å². The van der Waals surface area contributed by atoms with Gasteiger partial charge in [-0.25, -0.2) is 4.68 Å². The lowest BCUT2D eigenvalue weighted by Gasteiger charge is -2.32. The molecule has 16 heavy (non-hydrogen) atoms. The second kappa shape index (κ2) is 5.02. The molecule has 0 bridgehead atoms. The van der Waals surface area contributed by atoms with E-state index < -0.39 is 0 Å². The first-order chi connectivity index (χ1) is 7.79. The van der Waals surface area contributed by atoms with E-state index in [2.05, 4.69) is 22.4 Å². The summed E-state index contributed by atoms with van der Waals surface area (Å²) in [5.74, 6) is 0.0362. The predicted molar refractivity (Wildman–Crippen MR) is 54.4 cm³/mol. The standard InChI is InChI=1S/C9H15N5O2/c1-2-8-5-13(3-4-16-8)9(15)6-14-7-10-11-12-14/h7-8H,2-6H2,1H3/t8-/m0/s1. The van der Waals surface area contributed by atoms with Crippen LogP contribution in [0.1, 0.15) is 13.3 Å². The lowest BCUT2D eigenvalue weighted by Crippen LogP contribution is -2.46. The molecular weight excluding hydrogens is 210 g/mol. The van der Waals surface area contributed by atoms with Gasteiger partial charge >= 0.3 is 0 Å². The Labute approximate surface area is 93.4 Å². The Morgan fingerprint density at radius 3 is 3.19 bits per heavy atom. The van der Waals surface area contributed by atoms with Gasteiger partial charge in [-0.05, 0) is 16.8 Å². The van der Waals surface area contributed by atoms with E-state index >= 15 is 0 Å². The van der Waals surface area contributed by atoms with E-state index in [1.807, 2.05) is 0 Å². The molecule has 1 atom stereocenters. The van der Waals surface area contributed by atoms with Gasteiger partial charge in [0.15, 0.2) is 0 Å². The molecule has 1 aromatic rings. The van der Waals surface area contributed by atoms with Gasteiger partial charge in [-0.3, -0.25) is 4.79 Å². The number of hydrogen-bond acceptors (Lipinski definition) is 5. The Morgan fingerprint density at radius 1 is 1.62 bits per heavy atom. The Kier molecular flexibility index (Phi) is 3.45. The van der Waals surface area contributed by atoms with E-state index in [4.69, 9.17) is 4.74 Å². The van der Waals surface area contributed by atoms with Gasteiger partial charge in [-0.1, -0.05) is 6.92 Å². The van der Waals surface area contributed by atoms with Crippen LogP contribution in [0.4, 0.5) is 0 Å². The van der Waals surface area contributed by atoms with Crippen molar-refractivity contribution in [2.45, 2.75) is 26.0 Å². The van der Waals surface area contributed by atoms with Crippen LogP contribution in [0.3, 0.4) is 0 Å². The third-order valence-corrected chi connectivity index (χ3v) is 2.64. The number of nitrogens with zero attached hydrogens (tertiary/aromatic N) is 5. The first-order valence-corrected chi connectivity index (χ1v) is 5.39. The van der Waals surface area contributed by atoms with Crippen molar-refractivity contribution < 1.29 is 9.53 Å². The minimum Gasteiger partial charge on any atom is -0.375 e. The Bertz CT molecular complexity index is 340. The molecule has 0 unspecified atom stereocenters. The molecule has 0 saturated carbocycles. The number of rotatable bonds is 3. The lowest BCUT2D eigenvalue weighted by atomic mass is 10.2. The molecule has 0 N–H and O–H groups in total. The number of tetrazole rings is 1. The van der Waals surface area contributed by atoms with Crippen molar-refractivity contribution in [3.8, 4) is 0 Å². The van der Waals surface area contributed by atoms with E-state index in [0.717, 1.165) is 6.42 Å². The van der Waals surface area contributed by atoms with E-state index in [1.54, 1.807) is 4.90 Å². The zero-order chi connectivity index (χ0) is 11.4. The molecule has 0 aromatic carbocycles. The van der Waals surface area contributed by atoms with Gasteiger partial charge in [0.2, 0.25) is 5.91 Å². The highest BCUT2D eigenvalue weighted by Gasteiger charge is 2.23. The third-order valence-electron chi connectivity index (χ3n) is 2.64. The van der Waals surface area contributed by atoms with Crippen LogP contribution in [0.5, 0.6) is 0 Å². The molecule has 88 valence electrons. The van der Waals surface area contributed by atoms with Gasteiger partial charge in [0.25, 0.3) is 0 Å². The van der Waals surface area contributed by atoms with Crippen LogP contribution in [0, 0.1) is 0 Å². The van der Waals surface area contributed by atoms with E-state index in [1.165, 1.54) is 11.0 Å². The molecule has 7 heteroatoms. The van der Waals surface area contributed by atoms with Gasteiger partial charge in [-0.15, -0.1) is 5.10 Å². The van der Waals surface area contributed by atoms with Crippen molar-refractivity contribution in [1.82, 2.24) is 25.1 Å². The molecule has 2 rings (SSSR count). The van der Waals surface area contributed by atoms with Gasteiger partial charge in [0.1, 0.15) is 12.9 Å². The van der Waals surface area contributed by atoms with Gasteiger partial charge < -0.3 is 9.64 Å². The lowest BCUT2D eigenvalue weighted by molar-refractivity contribution is -0.139. The number of carbonyl (C=O) groups is 1. The molecule has 0 aliphatic carbocycles. The number of amides is 1. The van der Waals surface area contributed by atoms with Crippen LogP contribution in [-0.2, 0) is 16.1 Å². The summed E-state index contributed by atoms with van der Waals surface area (Å²) >= 11 is 0. The van der Waals surface area contributed by atoms with Gasteiger partial charge in [0.05, 0.1) is 12.7 Å². The molecule has 1 amide bonds. The normalized spacial score (nSPS) is 21.1. The summed E-state index contributed by atoms with van der Waals surface area (Å²) in [5.41, 5.74) is 0. The SMILES string of the molecule is CC[C@H]1CN(C(=O)Cn2cnnn2)CCO1. The maximum Gasteiger partial charge on any atom is 0.244 e. The first-order valence-electron chi connectivity index (χ1n) is 5.39. The minimum absolute atomic E-state index is 0.0362. The number of carbonyl (C=O) groups excluding carboxylic acids is 1.